The first-order valence-electron chi connectivity index (χ1n) is 6.38. The van der Waals surface area contributed by atoms with Crippen molar-refractivity contribution in [1.29, 1.82) is 5.26 Å². The van der Waals surface area contributed by atoms with Crippen molar-refractivity contribution in [3.8, 4) is 6.07 Å². The number of rotatable bonds is 5. The number of benzene rings is 2. The third kappa shape index (κ3) is 3.80. The molecule has 0 bridgehead atoms. The predicted octanol–water partition coefficient (Wildman–Crippen LogP) is 2.34. The molecule has 106 valence electrons. The van der Waals surface area contributed by atoms with Gasteiger partial charge in [0, 0.05) is 12.2 Å². The number of carbonyl (C=O) groups is 1. The standard InChI is InChI=1S/C16H14FN3O/c17-14-6-5-11(7-13(14)9-18)10-20-15-4-2-1-3-12(15)8-16(19)21/h1-7,20H,8,10H2,(H2,19,21). The number of anilines is 1. The summed E-state index contributed by atoms with van der Waals surface area (Å²) >= 11 is 0. The van der Waals surface area contributed by atoms with E-state index >= 15 is 0 Å². The molecule has 1 amide bonds. The maximum atomic E-state index is 13.2. The fourth-order valence-corrected chi connectivity index (χ4v) is 2.00. The maximum absolute atomic E-state index is 13.2. The molecular formula is C16H14FN3O. The highest BCUT2D eigenvalue weighted by Crippen LogP contribution is 2.17. The molecule has 3 N–H and O–H groups in total. The van der Waals surface area contributed by atoms with Gasteiger partial charge in [0.15, 0.2) is 0 Å². The Morgan fingerprint density at radius 2 is 2.05 bits per heavy atom. The second kappa shape index (κ2) is 6.53. The first-order valence-corrected chi connectivity index (χ1v) is 6.38. The molecule has 0 radical (unpaired) electrons. The largest absolute Gasteiger partial charge is 0.381 e. The van der Waals surface area contributed by atoms with Gasteiger partial charge in [0.2, 0.25) is 5.91 Å². The van der Waals surface area contributed by atoms with Crippen molar-refractivity contribution in [2.24, 2.45) is 5.73 Å². The van der Waals surface area contributed by atoms with Gasteiger partial charge in [-0.3, -0.25) is 4.79 Å². The van der Waals surface area contributed by atoms with Crippen LogP contribution in [0.2, 0.25) is 0 Å². The summed E-state index contributed by atoms with van der Waals surface area (Å²) in [6.45, 7) is 0.421. The van der Waals surface area contributed by atoms with Gasteiger partial charge < -0.3 is 11.1 Å². The predicted molar refractivity (Wildman–Crippen MR) is 77.8 cm³/mol. The normalized spacial score (nSPS) is 9.90. The summed E-state index contributed by atoms with van der Waals surface area (Å²) in [6, 6.07) is 13.5. The van der Waals surface area contributed by atoms with Crippen molar-refractivity contribution in [3.05, 3.63) is 65.0 Å². The molecule has 0 heterocycles. The first-order chi connectivity index (χ1) is 10.1. The van der Waals surface area contributed by atoms with E-state index in [2.05, 4.69) is 5.32 Å². The van der Waals surface area contributed by atoms with Crippen LogP contribution in [-0.2, 0) is 17.8 Å². The van der Waals surface area contributed by atoms with E-state index < -0.39 is 11.7 Å². The van der Waals surface area contributed by atoms with Crippen LogP contribution < -0.4 is 11.1 Å². The summed E-state index contributed by atoms with van der Waals surface area (Å²) in [4.78, 5) is 11.0. The van der Waals surface area contributed by atoms with Crippen LogP contribution in [0.4, 0.5) is 10.1 Å². The third-order valence-electron chi connectivity index (χ3n) is 3.02. The number of amides is 1. The van der Waals surface area contributed by atoms with Crippen LogP contribution in [0.3, 0.4) is 0 Å². The van der Waals surface area contributed by atoms with Crippen LogP contribution in [-0.4, -0.2) is 5.91 Å². The van der Waals surface area contributed by atoms with Crippen molar-refractivity contribution in [3.63, 3.8) is 0 Å². The highest BCUT2D eigenvalue weighted by Gasteiger charge is 2.06. The van der Waals surface area contributed by atoms with Crippen molar-refractivity contribution in [2.45, 2.75) is 13.0 Å². The lowest BCUT2D eigenvalue weighted by molar-refractivity contribution is -0.117. The number of nitrogens with zero attached hydrogens (tertiary/aromatic N) is 1. The van der Waals surface area contributed by atoms with Crippen LogP contribution >= 0.6 is 0 Å². The molecule has 0 fully saturated rings. The molecule has 0 unspecified atom stereocenters. The third-order valence-corrected chi connectivity index (χ3v) is 3.02. The van der Waals surface area contributed by atoms with Crippen molar-refractivity contribution in [1.82, 2.24) is 0 Å². The number of nitrogens with two attached hydrogens (primary N) is 1. The fraction of sp³-hybridized carbons (Fsp3) is 0.125. The second-order valence-electron chi connectivity index (χ2n) is 4.58. The summed E-state index contributed by atoms with van der Waals surface area (Å²) in [7, 11) is 0. The molecule has 5 heteroatoms. The minimum Gasteiger partial charge on any atom is -0.381 e. The van der Waals surface area contributed by atoms with Gasteiger partial charge in [0.05, 0.1) is 12.0 Å². The van der Waals surface area contributed by atoms with Gasteiger partial charge in [-0.05, 0) is 29.3 Å². The number of para-hydroxylation sites is 1. The first kappa shape index (κ1) is 14.5. The second-order valence-corrected chi connectivity index (χ2v) is 4.58. The topological polar surface area (TPSA) is 78.9 Å². The summed E-state index contributed by atoms with van der Waals surface area (Å²) in [6.07, 6.45) is 0.149. The molecule has 0 aromatic heterocycles. The lowest BCUT2D eigenvalue weighted by Crippen LogP contribution is -2.15. The summed E-state index contributed by atoms with van der Waals surface area (Å²) in [5.74, 6) is -0.937. The van der Waals surface area contributed by atoms with E-state index in [4.69, 9.17) is 11.0 Å². The molecule has 0 atom stereocenters. The lowest BCUT2D eigenvalue weighted by Gasteiger charge is -2.11. The quantitative estimate of drug-likeness (QED) is 0.884. The smallest absolute Gasteiger partial charge is 0.221 e. The van der Waals surface area contributed by atoms with Gasteiger partial charge >= 0.3 is 0 Å². The lowest BCUT2D eigenvalue weighted by atomic mass is 10.1. The molecule has 2 rings (SSSR count). The van der Waals surface area contributed by atoms with Gasteiger partial charge in [-0.2, -0.15) is 5.26 Å². The molecule has 21 heavy (non-hydrogen) atoms. The molecule has 0 aliphatic carbocycles. The summed E-state index contributed by atoms with van der Waals surface area (Å²) in [5, 5.41) is 12.0. The monoisotopic (exact) mass is 283 g/mol. The minimum absolute atomic E-state index is 0.0136. The van der Waals surface area contributed by atoms with Gasteiger partial charge in [0.25, 0.3) is 0 Å². The molecule has 0 spiro atoms. The zero-order chi connectivity index (χ0) is 15.2. The van der Waals surface area contributed by atoms with Crippen LogP contribution in [0.25, 0.3) is 0 Å². The highest BCUT2D eigenvalue weighted by molar-refractivity contribution is 5.78. The Morgan fingerprint density at radius 3 is 2.76 bits per heavy atom. The van der Waals surface area contributed by atoms with Crippen LogP contribution in [0, 0.1) is 17.1 Å². The zero-order valence-corrected chi connectivity index (χ0v) is 11.3. The maximum Gasteiger partial charge on any atom is 0.221 e. The summed E-state index contributed by atoms with van der Waals surface area (Å²) < 4.78 is 13.2. The number of carbonyl (C=O) groups excluding carboxylic acids is 1. The molecule has 0 aliphatic heterocycles. The van der Waals surface area contributed by atoms with E-state index in [1.807, 2.05) is 30.3 Å². The zero-order valence-electron chi connectivity index (χ0n) is 11.3. The van der Waals surface area contributed by atoms with Crippen LogP contribution in [0.1, 0.15) is 16.7 Å². The molecule has 0 saturated heterocycles. The van der Waals surface area contributed by atoms with E-state index in [1.165, 1.54) is 12.1 Å². The van der Waals surface area contributed by atoms with Crippen molar-refractivity contribution >= 4 is 11.6 Å². The Bertz CT molecular complexity index is 707. The number of nitrogens with one attached hydrogen (secondary N) is 1. The van der Waals surface area contributed by atoms with Crippen molar-refractivity contribution < 1.29 is 9.18 Å². The Balaban J connectivity index is 2.13. The highest BCUT2D eigenvalue weighted by atomic mass is 19.1. The average molecular weight is 283 g/mol. The van der Waals surface area contributed by atoms with Gasteiger partial charge in [0.1, 0.15) is 11.9 Å². The molecular weight excluding hydrogens is 269 g/mol. The Labute approximate surface area is 122 Å². The van der Waals surface area contributed by atoms with E-state index in [9.17, 15) is 9.18 Å². The molecule has 2 aromatic carbocycles. The number of halogens is 1. The van der Waals surface area contributed by atoms with Crippen LogP contribution in [0.15, 0.2) is 42.5 Å². The van der Waals surface area contributed by atoms with Gasteiger partial charge in [-0.1, -0.05) is 24.3 Å². The van der Waals surface area contributed by atoms with E-state index in [-0.39, 0.29) is 12.0 Å². The molecule has 0 saturated carbocycles. The number of hydrogen-bond acceptors (Lipinski definition) is 3. The fourth-order valence-electron chi connectivity index (χ4n) is 2.00. The van der Waals surface area contributed by atoms with E-state index in [0.717, 1.165) is 16.8 Å². The Morgan fingerprint density at radius 1 is 1.29 bits per heavy atom. The number of nitriles is 1. The van der Waals surface area contributed by atoms with Gasteiger partial charge in [-0.15, -0.1) is 0 Å². The number of primary amides is 1. The van der Waals surface area contributed by atoms with Gasteiger partial charge in [-0.25, -0.2) is 4.39 Å². The Hall–Kier alpha value is -2.87. The molecule has 2 aromatic rings. The molecule has 0 aliphatic rings. The SMILES string of the molecule is N#Cc1cc(CNc2ccccc2CC(N)=O)ccc1F. The Kier molecular flexibility index (Phi) is 4.52. The van der Waals surface area contributed by atoms with Crippen LogP contribution in [0.5, 0.6) is 0 Å². The average Bonchev–Trinajstić information content (AvgIpc) is 2.47. The van der Waals surface area contributed by atoms with E-state index in [1.54, 1.807) is 6.07 Å². The van der Waals surface area contributed by atoms with E-state index in [0.29, 0.717) is 6.54 Å². The molecule has 4 nitrogen and oxygen atoms in total. The summed E-state index contributed by atoms with van der Waals surface area (Å²) in [5.41, 5.74) is 7.59. The van der Waals surface area contributed by atoms with Crippen molar-refractivity contribution in [2.75, 3.05) is 5.32 Å². The number of hydrogen-bond donors (Lipinski definition) is 2. The minimum atomic E-state index is -0.532.